The molecule has 0 spiro atoms. The summed E-state index contributed by atoms with van der Waals surface area (Å²) in [7, 11) is 1.70. The molecule has 6 nitrogen and oxygen atoms in total. The Morgan fingerprint density at radius 2 is 2.18 bits per heavy atom. The highest BCUT2D eigenvalue weighted by Crippen LogP contribution is 2.27. The maximum atomic E-state index is 13.0. The molecule has 22 heavy (non-hydrogen) atoms. The Balaban J connectivity index is 2.10. The van der Waals surface area contributed by atoms with Gasteiger partial charge in [0.25, 0.3) is 0 Å². The molecule has 1 atom stereocenters. The maximum absolute atomic E-state index is 13.0. The molecule has 6 heteroatoms. The molecule has 0 radical (unpaired) electrons. The third-order valence-corrected chi connectivity index (χ3v) is 4.52. The number of piperidine rings is 1. The highest BCUT2D eigenvalue weighted by atomic mass is 16.5. The lowest BCUT2D eigenvalue weighted by Crippen LogP contribution is -2.56. The van der Waals surface area contributed by atoms with Crippen LogP contribution in [0.5, 0.6) is 0 Å². The average Bonchev–Trinajstić information content (AvgIpc) is 3.02. The molecule has 0 bridgehead atoms. The quantitative estimate of drug-likeness (QED) is 0.831. The molecule has 2 N–H and O–H groups in total. The van der Waals surface area contributed by atoms with Crippen LogP contribution in [-0.2, 0) is 15.1 Å². The zero-order chi connectivity index (χ0) is 16.2. The van der Waals surface area contributed by atoms with Gasteiger partial charge in [-0.15, -0.1) is 0 Å². The Labute approximate surface area is 132 Å². The molecule has 1 aromatic heterocycles. The molecule has 0 aromatic carbocycles. The minimum atomic E-state index is -0.583. The summed E-state index contributed by atoms with van der Waals surface area (Å²) in [6.07, 6.45) is 5.88. The van der Waals surface area contributed by atoms with E-state index in [-0.39, 0.29) is 17.6 Å². The summed E-state index contributed by atoms with van der Waals surface area (Å²) in [5.41, 5.74) is -0.833. The lowest BCUT2D eigenvalue weighted by atomic mass is 9.86. The van der Waals surface area contributed by atoms with Gasteiger partial charge in [-0.25, -0.2) is 0 Å². The van der Waals surface area contributed by atoms with E-state index in [1.807, 2.05) is 37.7 Å². The zero-order valence-electron chi connectivity index (χ0n) is 14.1. The Kier molecular flexibility index (Phi) is 5.24. The van der Waals surface area contributed by atoms with Gasteiger partial charge in [-0.3, -0.25) is 9.48 Å². The van der Waals surface area contributed by atoms with Crippen molar-refractivity contribution in [2.75, 3.05) is 20.2 Å². The first kappa shape index (κ1) is 17.0. The third-order valence-electron chi connectivity index (χ3n) is 4.52. The van der Waals surface area contributed by atoms with Crippen LogP contribution in [0.3, 0.4) is 0 Å². The van der Waals surface area contributed by atoms with Crippen molar-refractivity contribution in [1.29, 1.82) is 0 Å². The predicted octanol–water partition coefficient (Wildman–Crippen LogP) is 1.28. The number of rotatable bonds is 6. The van der Waals surface area contributed by atoms with Crippen LogP contribution in [0.15, 0.2) is 18.5 Å². The fraction of sp³-hybridized carbons (Fsp3) is 0.750. The topological polar surface area (TPSA) is 68.2 Å². The summed E-state index contributed by atoms with van der Waals surface area (Å²) >= 11 is 0. The number of aromatic nitrogens is 2. The van der Waals surface area contributed by atoms with Crippen molar-refractivity contribution < 1.29 is 9.53 Å². The highest BCUT2D eigenvalue weighted by molar-refractivity contribution is 5.84. The summed E-state index contributed by atoms with van der Waals surface area (Å²) in [6, 6.07) is 1.92. The monoisotopic (exact) mass is 308 g/mol. The minimum Gasteiger partial charge on any atom is -0.379 e. The number of amides is 1. The number of nitrogens with zero attached hydrogens (tertiary/aromatic N) is 2. The molecule has 124 valence electrons. The van der Waals surface area contributed by atoms with Gasteiger partial charge in [0.2, 0.25) is 5.91 Å². The number of carbonyl (C=O) groups is 1. The van der Waals surface area contributed by atoms with Crippen LogP contribution in [0, 0.1) is 0 Å². The molecule has 0 aliphatic carbocycles. The molecular formula is C16H28N4O2. The van der Waals surface area contributed by atoms with Crippen molar-refractivity contribution in [2.45, 2.75) is 57.2 Å². The Hall–Kier alpha value is -1.40. The summed E-state index contributed by atoms with van der Waals surface area (Å²) in [4.78, 5) is 13.0. The molecular weight excluding hydrogens is 280 g/mol. The van der Waals surface area contributed by atoms with Crippen molar-refractivity contribution in [2.24, 2.45) is 0 Å². The van der Waals surface area contributed by atoms with Gasteiger partial charge in [-0.1, -0.05) is 0 Å². The highest BCUT2D eigenvalue weighted by Gasteiger charge is 2.42. The molecule has 1 aromatic rings. The van der Waals surface area contributed by atoms with Gasteiger partial charge in [0.1, 0.15) is 5.54 Å². The lowest BCUT2D eigenvalue weighted by Gasteiger charge is -2.38. The molecule has 2 rings (SSSR count). The largest absolute Gasteiger partial charge is 0.379 e. The van der Waals surface area contributed by atoms with E-state index in [1.165, 1.54) is 0 Å². The lowest BCUT2D eigenvalue weighted by molar-refractivity contribution is -0.133. The van der Waals surface area contributed by atoms with Gasteiger partial charge in [-0.05, 0) is 59.2 Å². The summed E-state index contributed by atoms with van der Waals surface area (Å²) in [5, 5.41) is 10.8. The number of carbonyl (C=O) groups excluding carboxylic acids is 1. The van der Waals surface area contributed by atoms with Crippen molar-refractivity contribution >= 4 is 5.91 Å². The van der Waals surface area contributed by atoms with Gasteiger partial charge in [0.05, 0.1) is 5.60 Å². The second-order valence-electron chi connectivity index (χ2n) is 6.77. The normalized spacial score (nSPS) is 19.6. The predicted molar refractivity (Wildman–Crippen MR) is 85.6 cm³/mol. The van der Waals surface area contributed by atoms with Gasteiger partial charge >= 0.3 is 0 Å². The Morgan fingerprint density at radius 1 is 1.50 bits per heavy atom. The van der Waals surface area contributed by atoms with E-state index in [0.29, 0.717) is 0 Å². The van der Waals surface area contributed by atoms with Crippen LogP contribution in [0.1, 0.15) is 40.0 Å². The molecule has 1 aliphatic rings. The van der Waals surface area contributed by atoms with E-state index in [0.717, 1.165) is 32.4 Å². The molecule has 1 saturated heterocycles. The minimum absolute atomic E-state index is 0.0461. The maximum Gasteiger partial charge on any atom is 0.248 e. The number of methoxy groups -OCH3 is 1. The van der Waals surface area contributed by atoms with Crippen LogP contribution < -0.4 is 10.6 Å². The van der Waals surface area contributed by atoms with Gasteiger partial charge in [0.15, 0.2) is 0 Å². The van der Waals surface area contributed by atoms with E-state index >= 15 is 0 Å². The van der Waals surface area contributed by atoms with E-state index in [9.17, 15) is 4.79 Å². The van der Waals surface area contributed by atoms with Crippen LogP contribution >= 0.6 is 0 Å². The Morgan fingerprint density at radius 3 is 2.73 bits per heavy atom. The fourth-order valence-electron chi connectivity index (χ4n) is 3.15. The van der Waals surface area contributed by atoms with E-state index in [1.54, 1.807) is 13.3 Å². The third kappa shape index (κ3) is 3.67. The molecule has 1 aliphatic heterocycles. The first-order chi connectivity index (χ1) is 10.4. The van der Waals surface area contributed by atoms with Crippen molar-refractivity contribution in [1.82, 2.24) is 20.4 Å². The Bertz CT molecular complexity index is 478. The summed E-state index contributed by atoms with van der Waals surface area (Å²) in [6.45, 7) is 7.74. The second kappa shape index (κ2) is 6.79. The summed E-state index contributed by atoms with van der Waals surface area (Å²) in [5.74, 6) is 0.0529. The van der Waals surface area contributed by atoms with Crippen molar-refractivity contribution in [3.63, 3.8) is 0 Å². The van der Waals surface area contributed by atoms with Gasteiger partial charge in [0, 0.05) is 25.5 Å². The smallest absolute Gasteiger partial charge is 0.248 e. The number of hydrogen-bond acceptors (Lipinski definition) is 4. The molecule has 1 unspecified atom stereocenters. The van der Waals surface area contributed by atoms with E-state index in [4.69, 9.17) is 4.74 Å². The van der Waals surface area contributed by atoms with Crippen LogP contribution in [0.4, 0.5) is 0 Å². The van der Waals surface area contributed by atoms with Crippen LogP contribution in [0.2, 0.25) is 0 Å². The van der Waals surface area contributed by atoms with Crippen molar-refractivity contribution in [3.8, 4) is 0 Å². The first-order valence-electron chi connectivity index (χ1n) is 7.97. The van der Waals surface area contributed by atoms with Crippen LogP contribution in [-0.4, -0.2) is 47.5 Å². The van der Waals surface area contributed by atoms with E-state index in [2.05, 4.69) is 15.7 Å². The fourth-order valence-corrected chi connectivity index (χ4v) is 3.15. The van der Waals surface area contributed by atoms with Crippen LogP contribution in [0.25, 0.3) is 0 Å². The molecule has 2 heterocycles. The molecule has 1 amide bonds. The SMILES string of the molecule is COC(C)(C)CC(C)NC(=O)C1(n2cccn2)CCNCC1. The second-order valence-corrected chi connectivity index (χ2v) is 6.77. The average molecular weight is 308 g/mol. The van der Waals surface area contributed by atoms with Gasteiger partial charge < -0.3 is 15.4 Å². The summed E-state index contributed by atoms with van der Waals surface area (Å²) < 4.78 is 7.27. The standard InChI is InChI=1S/C16H28N4O2/c1-13(12-15(2,3)22-4)19-14(21)16(6-9-17-10-7-16)20-11-5-8-18-20/h5,8,11,13,17H,6-7,9-10,12H2,1-4H3,(H,19,21). The molecule has 0 saturated carbocycles. The molecule has 1 fully saturated rings. The van der Waals surface area contributed by atoms with Gasteiger partial charge in [-0.2, -0.15) is 5.10 Å². The van der Waals surface area contributed by atoms with E-state index < -0.39 is 5.54 Å². The number of hydrogen-bond donors (Lipinski definition) is 2. The first-order valence-corrected chi connectivity index (χ1v) is 7.97. The zero-order valence-corrected chi connectivity index (χ0v) is 14.1. The number of nitrogens with one attached hydrogen (secondary N) is 2. The van der Waals surface area contributed by atoms with Crippen molar-refractivity contribution in [3.05, 3.63) is 18.5 Å². The number of ether oxygens (including phenoxy) is 1.